The molecule has 3 rings (SSSR count). The van der Waals surface area contributed by atoms with E-state index in [2.05, 4.69) is 0 Å². The number of imide groups is 1. The minimum absolute atomic E-state index is 0.228. The van der Waals surface area contributed by atoms with E-state index in [4.69, 9.17) is 4.74 Å². The minimum atomic E-state index is -0.238. The number of hydrogen-bond acceptors (Lipinski definition) is 4. The molecule has 1 aliphatic carbocycles. The van der Waals surface area contributed by atoms with Crippen molar-refractivity contribution >= 4 is 29.0 Å². The fourth-order valence-electron chi connectivity index (χ4n) is 3.18. The summed E-state index contributed by atoms with van der Waals surface area (Å²) in [6.45, 7) is 0.763. The number of likely N-dealkylation sites (N-methyl/N-ethyl adjacent to an activating group) is 1. The summed E-state index contributed by atoms with van der Waals surface area (Å²) in [5, 5.41) is -0.228. The number of rotatable bonds is 5. The fraction of sp³-hybridized carbons (Fsp3) is 0.474. The van der Waals surface area contributed by atoms with Crippen LogP contribution in [0.25, 0.3) is 6.08 Å². The molecule has 2 fully saturated rings. The van der Waals surface area contributed by atoms with E-state index in [1.165, 1.54) is 39.2 Å². The summed E-state index contributed by atoms with van der Waals surface area (Å²) in [7, 11) is 1.50. The van der Waals surface area contributed by atoms with Crippen molar-refractivity contribution in [3.8, 4) is 5.75 Å². The first kappa shape index (κ1) is 17.1. The highest BCUT2D eigenvalue weighted by Gasteiger charge is 2.31. The number of benzene rings is 1. The maximum Gasteiger partial charge on any atom is 0.293 e. The van der Waals surface area contributed by atoms with E-state index in [-0.39, 0.29) is 11.1 Å². The van der Waals surface area contributed by atoms with E-state index >= 15 is 0 Å². The van der Waals surface area contributed by atoms with Gasteiger partial charge in [-0.15, -0.1) is 0 Å². The van der Waals surface area contributed by atoms with Gasteiger partial charge in [0.15, 0.2) is 0 Å². The second-order valence-electron chi connectivity index (χ2n) is 6.45. The number of hydrogen-bond donors (Lipinski definition) is 0. The molecule has 0 radical (unpaired) electrons. The van der Waals surface area contributed by atoms with Gasteiger partial charge < -0.3 is 4.74 Å². The van der Waals surface area contributed by atoms with E-state index in [1.807, 2.05) is 24.3 Å². The fourth-order valence-corrected chi connectivity index (χ4v) is 4.00. The molecule has 0 atom stereocenters. The largest absolute Gasteiger partial charge is 0.494 e. The Hall–Kier alpha value is -1.75. The molecule has 0 bridgehead atoms. The Balaban J connectivity index is 1.52. The highest BCUT2D eigenvalue weighted by Crippen LogP contribution is 2.31. The standard InChI is InChI=1S/C19H23NO3S/c1-20-18(21)17(24-19(20)22)13-15-7-9-16(10-8-15)23-12-11-14-5-3-2-4-6-14/h7-10,13-14H,2-6,11-12H2,1H3/b17-13-. The lowest BCUT2D eigenvalue weighted by molar-refractivity contribution is -0.121. The first-order chi connectivity index (χ1) is 11.6. The van der Waals surface area contributed by atoms with Crippen molar-refractivity contribution in [1.82, 2.24) is 4.90 Å². The van der Waals surface area contributed by atoms with Crippen molar-refractivity contribution in [1.29, 1.82) is 0 Å². The van der Waals surface area contributed by atoms with Crippen LogP contribution in [0.2, 0.25) is 0 Å². The lowest BCUT2D eigenvalue weighted by atomic mass is 9.87. The van der Waals surface area contributed by atoms with Gasteiger partial charge in [-0.05, 0) is 47.9 Å². The highest BCUT2D eigenvalue weighted by atomic mass is 32.2. The lowest BCUT2D eigenvalue weighted by Crippen LogP contribution is -2.22. The summed E-state index contributed by atoms with van der Waals surface area (Å²) in [5.74, 6) is 1.44. The molecule has 0 aromatic heterocycles. The van der Waals surface area contributed by atoms with Crippen molar-refractivity contribution in [3.05, 3.63) is 34.7 Å². The molecule has 24 heavy (non-hydrogen) atoms. The van der Waals surface area contributed by atoms with Gasteiger partial charge in [0.2, 0.25) is 0 Å². The third-order valence-corrected chi connectivity index (χ3v) is 5.64. The number of ether oxygens (including phenoxy) is 1. The van der Waals surface area contributed by atoms with Gasteiger partial charge in [-0.1, -0.05) is 44.2 Å². The number of carbonyl (C=O) groups is 2. The molecule has 5 heteroatoms. The predicted molar refractivity (Wildman–Crippen MR) is 96.9 cm³/mol. The van der Waals surface area contributed by atoms with E-state index in [0.29, 0.717) is 4.91 Å². The molecule has 1 aromatic carbocycles. The van der Waals surface area contributed by atoms with Crippen LogP contribution in [-0.4, -0.2) is 29.7 Å². The molecule has 1 saturated carbocycles. The molecule has 2 aliphatic rings. The normalized spacial score (nSPS) is 20.9. The van der Waals surface area contributed by atoms with Crippen LogP contribution in [0.1, 0.15) is 44.1 Å². The summed E-state index contributed by atoms with van der Waals surface area (Å²) in [6.07, 6.45) is 9.68. The molecule has 1 heterocycles. The molecule has 4 nitrogen and oxygen atoms in total. The zero-order valence-electron chi connectivity index (χ0n) is 14.0. The molecular formula is C19H23NO3S. The molecule has 2 amide bonds. The molecule has 0 unspecified atom stereocenters. The van der Waals surface area contributed by atoms with Crippen LogP contribution in [0.4, 0.5) is 4.79 Å². The number of nitrogens with zero attached hydrogens (tertiary/aromatic N) is 1. The van der Waals surface area contributed by atoms with Crippen molar-refractivity contribution in [2.75, 3.05) is 13.7 Å². The molecule has 1 aliphatic heterocycles. The molecular weight excluding hydrogens is 322 g/mol. The summed E-state index contributed by atoms with van der Waals surface area (Å²) >= 11 is 0.978. The highest BCUT2D eigenvalue weighted by molar-refractivity contribution is 8.18. The van der Waals surface area contributed by atoms with Gasteiger partial charge in [0, 0.05) is 7.05 Å². The zero-order chi connectivity index (χ0) is 16.9. The van der Waals surface area contributed by atoms with Gasteiger partial charge in [0.25, 0.3) is 11.1 Å². The predicted octanol–water partition coefficient (Wildman–Crippen LogP) is 4.70. The van der Waals surface area contributed by atoms with Crippen molar-refractivity contribution in [2.24, 2.45) is 5.92 Å². The topological polar surface area (TPSA) is 46.6 Å². The Kier molecular flexibility index (Phi) is 5.61. The van der Waals surface area contributed by atoms with Gasteiger partial charge in [0.05, 0.1) is 11.5 Å². The Bertz CT molecular complexity index is 633. The Labute approximate surface area is 147 Å². The van der Waals surface area contributed by atoms with Crippen LogP contribution in [0, 0.1) is 5.92 Å². The average Bonchev–Trinajstić information content (AvgIpc) is 2.84. The quantitative estimate of drug-likeness (QED) is 0.726. The monoisotopic (exact) mass is 345 g/mol. The second kappa shape index (κ2) is 7.88. The van der Waals surface area contributed by atoms with E-state index < -0.39 is 0 Å². The Morgan fingerprint density at radius 1 is 1.17 bits per heavy atom. The van der Waals surface area contributed by atoms with Gasteiger partial charge >= 0.3 is 0 Å². The van der Waals surface area contributed by atoms with E-state index in [1.54, 1.807) is 6.08 Å². The summed E-state index contributed by atoms with van der Waals surface area (Å²) in [5.41, 5.74) is 0.897. The maximum absolute atomic E-state index is 11.9. The Morgan fingerprint density at radius 2 is 1.88 bits per heavy atom. The number of thioether (sulfide) groups is 1. The molecule has 1 aromatic rings. The van der Waals surface area contributed by atoms with Gasteiger partial charge in [0.1, 0.15) is 5.75 Å². The first-order valence-electron chi connectivity index (χ1n) is 8.58. The van der Waals surface area contributed by atoms with Gasteiger partial charge in [-0.2, -0.15) is 0 Å². The molecule has 0 spiro atoms. The number of amides is 2. The van der Waals surface area contributed by atoms with E-state index in [9.17, 15) is 9.59 Å². The van der Waals surface area contributed by atoms with Crippen LogP contribution in [-0.2, 0) is 4.79 Å². The third-order valence-electron chi connectivity index (χ3n) is 4.68. The average molecular weight is 345 g/mol. The second-order valence-corrected chi connectivity index (χ2v) is 7.44. The van der Waals surface area contributed by atoms with E-state index in [0.717, 1.165) is 46.9 Å². The van der Waals surface area contributed by atoms with Crippen LogP contribution >= 0.6 is 11.8 Å². The van der Waals surface area contributed by atoms with Crippen molar-refractivity contribution in [3.63, 3.8) is 0 Å². The lowest BCUT2D eigenvalue weighted by Gasteiger charge is -2.21. The number of carbonyl (C=O) groups excluding carboxylic acids is 2. The maximum atomic E-state index is 11.9. The van der Waals surface area contributed by atoms with Crippen LogP contribution in [0.3, 0.4) is 0 Å². The smallest absolute Gasteiger partial charge is 0.293 e. The summed E-state index contributed by atoms with van der Waals surface area (Å²) in [4.78, 5) is 25.0. The minimum Gasteiger partial charge on any atom is -0.494 e. The summed E-state index contributed by atoms with van der Waals surface area (Å²) in [6, 6.07) is 7.67. The Morgan fingerprint density at radius 3 is 2.50 bits per heavy atom. The first-order valence-corrected chi connectivity index (χ1v) is 9.39. The SMILES string of the molecule is CN1C(=O)S/C(=C\c2ccc(OCCC3CCCCC3)cc2)C1=O. The zero-order valence-corrected chi connectivity index (χ0v) is 14.8. The third kappa shape index (κ3) is 4.20. The molecule has 128 valence electrons. The van der Waals surface area contributed by atoms with Crippen LogP contribution < -0.4 is 4.74 Å². The van der Waals surface area contributed by atoms with Crippen LogP contribution in [0.5, 0.6) is 5.75 Å². The summed E-state index contributed by atoms with van der Waals surface area (Å²) < 4.78 is 5.83. The van der Waals surface area contributed by atoms with Gasteiger partial charge in [-0.25, -0.2) is 0 Å². The van der Waals surface area contributed by atoms with Crippen molar-refractivity contribution < 1.29 is 14.3 Å². The molecule has 0 N–H and O–H groups in total. The molecule has 1 saturated heterocycles. The van der Waals surface area contributed by atoms with Crippen LogP contribution in [0.15, 0.2) is 29.2 Å². The van der Waals surface area contributed by atoms with Crippen molar-refractivity contribution in [2.45, 2.75) is 38.5 Å². The van der Waals surface area contributed by atoms with Gasteiger partial charge in [-0.3, -0.25) is 14.5 Å².